The number of aryl methyl sites for hydroxylation is 2. The van der Waals surface area contributed by atoms with Crippen LogP contribution in [0, 0.1) is 6.92 Å². The number of nitrogens with zero attached hydrogens (tertiary/aromatic N) is 1. The molecular formula is C16H23NO3. The predicted molar refractivity (Wildman–Crippen MR) is 78.6 cm³/mol. The molecule has 4 heteroatoms. The Morgan fingerprint density at radius 3 is 2.35 bits per heavy atom. The van der Waals surface area contributed by atoms with Crippen LogP contribution in [-0.4, -0.2) is 35.5 Å². The third-order valence-corrected chi connectivity index (χ3v) is 3.29. The van der Waals surface area contributed by atoms with Crippen molar-refractivity contribution in [3.05, 3.63) is 35.4 Å². The van der Waals surface area contributed by atoms with Crippen LogP contribution in [0.4, 0.5) is 0 Å². The van der Waals surface area contributed by atoms with Crippen LogP contribution in [0.1, 0.15) is 36.8 Å². The number of hydrogen-bond acceptors (Lipinski definition) is 2. The van der Waals surface area contributed by atoms with E-state index >= 15 is 0 Å². The summed E-state index contributed by atoms with van der Waals surface area (Å²) in [6.07, 6.45) is 2.86. The largest absolute Gasteiger partial charge is 0.481 e. The van der Waals surface area contributed by atoms with Crippen LogP contribution in [0.25, 0.3) is 0 Å². The maximum Gasteiger partial charge on any atom is 0.303 e. The molecule has 0 heterocycles. The van der Waals surface area contributed by atoms with E-state index in [9.17, 15) is 9.59 Å². The third-order valence-electron chi connectivity index (χ3n) is 3.29. The highest BCUT2D eigenvalue weighted by atomic mass is 16.4. The van der Waals surface area contributed by atoms with Crippen LogP contribution in [0.3, 0.4) is 0 Å². The van der Waals surface area contributed by atoms with Gasteiger partial charge in [0.25, 0.3) is 0 Å². The molecule has 0 aliphatic carbocycles. The zero-order valence-electron chi connectivity index (χ0n) is 12.3. The molecular weight excluding hydrogens is 254 g/mol. The van der Waals surface area contributed by atoms with Crippen molar-refractivity contribution < 1.29 is 14.7 Å². The summed E-state index contributed by atoms with van der Waals surface area (Å²) >= 11 is 0. The predicted octanol–water partition coefficient (Wildman–Crippen LogP) is 2.64. The molecule has 0 saturated carbocycles. The quantitative estimate of drug-likeness (QED) is 0.794. The summed E-state index contributed by atoms with van der Waals surface area (Å²) in [5, 5.41) is 8.55. The lowest BCUT2D eigenvalue weighted by Gasteiger charge is -2.16. The number of carbonyl (C=O) groups excluding carboxylic acids is 1. The van der Waals surface area contributed by atoms with Gasteiger partial charge in [0, 0.05) is 26.4 Å². The van der Waals surface area contributed by atoms with Crippen molar-refractivity contribution in [2.24, 2.45) is 0 Å². The van der Waals surface area contributed by atoms with Gasteiger partial charge in [-0.15, -0.1) is 0 Å². The lowest BCUT2D eigenvalue weighted by molar-refractivity contribution is -0.138. The SMILES string of the molecule is Cc1ccc(CCCC(=O)N(C)CCCC(=O)O)cc1. The second-order valence-corrected chi connectivity index (χ2v) is 5.15. The smallest absolute Gasteiger partial charge is 0.303 e. The van der Waals surface area contributed by atoms with Gasteiger partial charge in [0.2, 0.25) is 5.91 Å². The second-order valence-electron chi connectivity index (χ2n) is 5.15. The number of aliphatic carboxylic acids is 1. The van der Waals surface area contributed by atoms with Gasteiger partial charge in [0.1, 0.15) is 0 Å². The van der Waals surface area contributed by atoms with Crippen molar-refractivity contribution in [2.75, 3.05) is 13.6 Å². The van der Waals surface area contributed by atoms with Gasteiger partial charge in [-0.2, -0.15) is 0 Å². The van der Waals surface area contributed by atoms with E-state index in [2.05, 4.69) is 31.2 Å². The zero-order valence-corrected chi connectivity index (χ0v) is 12.3. The number of rotatable bonds is 8. The second kappa shape index (κ2) is 8.35. The van der Waals surface area contributed by atoms with Gasteiger partial charge in [-0.05, 0) is 31.7 Å². The Hall–Kier alpha value is -1.84. The normalized spacial score (nSPS) is 10.3. The van der Waals surface area contributed by atoms with Gasteiger partial charge >= 0.3 is 5.97 Å². The Kier molecular flexibility index (Phi) is 6.77. The van der Waals surface area contributed by atoms with Crippen molar-refractivity contribution in [1.82, 2.24) is 4.90 Å². The van der Waals surface area contributed by atoms with E-state index in [1.54, 1.807) is 11.9 Å². The summed E-state index contributed by atoms with van der Waals surface area (Å²) < 4.78 is 0. The monoisotopic (exact) mass is 277 g/mol. The Bertz CT molecular complexity index is 440. The van der Waals surface area contributed by atoms with Crippen LogP contribution < -0.4 is 0 Å². The summed E-state index contributed by atoms with van der Waals surface area (Å²) in [5.74, 6) is -0.729. The standard InChI is InChI=1S/C16H23NO3/c1-13-8-10-14(11-9-13)5-3-6-15(18)17(2)12-4-7-16(19)20/h8-11H,3-7,12H2,1-2H3,(H,19,20). The molecule has 1 N–H and O–H groups in total. The number of amides is 1. The number of carboxylic acids is 1. The molecule has 4 nitrogen and oxygen atoms in total. The minimum Gasteiger partial charge on any atom is -0.481 e. The summed E-state index contributed by atoms with van der Waals surface area (Å²) in [7, 11) is 1.73. The number of carbonyl (C=O) groups is 2. The summed E-state index contributed by atoms with van der Waals surface area (Å²) in [6.45, 7) is 2.56. The number of carboxylic acid groups (broad SMARTS) is 1. The van der Waals surface area contributed by atoms with E-state index < -0.39 is 5.97 Å². The fourth-order valence-corrected chi connectivity index (χ4v) is 1.98. The van der Waals surface area contributed by atoms with Crippen molar-refractivity contribution in [1.29, 1.82) is 0 Å². The van der Waals surface area contributed by atoms with Crippen LogP contribution >= 0.6 is 0 Å². The topological polar surface area (TPSA) is 57.6 Å². The molecule has 0 spiro atoms. The van der Waals surface area contributed by atoms with E-state index in [-0.39, 0.29) is 12.3 Å². The minimum absolute atomic E-state index is 0.0856. The number of benzene rings is 1. The zero-order chi connectivity index (χ0) is 15.0. The first-order valence-corrected chi connectivity index (χ1v) is 7.00. The number of hydrogen-bond donors (Lipinski definition) is 1. The third kappa shape index (κ3) is 6.36. The molecule has 0 aromatic heterocycles. The molecule has 0 atom stereocenters. The van der Waals surface area contributed by atoms with Gasteiger partial charge in [-0.1, -0.05) is 29.8 Å². The molecule has 1 amide bonds. The fourth-order valence-electron chi connectivity index (χ4n) is 1.98. The first-order chi connectivity index (χ1) is 9.49. The van der Waals surface area contributed by atoms with E-state index in [1.807, 2.05) is 0 Å². The van der Waals surface area contributed by atoms with Crippen molar-refractivity contribution in [3.63, 3.8) is 0 Å². The summed E-state index contributed by atoms with van der Waals surface area (Å²) in [4.78, 5) is 23.9. The van der Waals surface area contributed by atoms with Crippen molar-refractivity contribution >= 4 is 11.9 Å². The van der Waals surface area contributed by atoms with E-state index in [4.69, 9.17) is 5.11 Å². The molecule has 0 unspecified atom stereocenters. The maximum absolute atomic E-state index is 11.8. The first kappa shape index (κ1) is 16.2. The molecule has 20 heavy (non-hydrogen) atoms. The Labute approximate surface area is 120 Å². The van der Waals surface area contributed by atoms with E-state index in [1.165, 1.54) is 11.1 Å². The molecule has 0 aliphatic heterocycles. The molecule has 0 radical (unpaired) electrons. The van der Waals surface area contributed by atoms with Crippen LogP contribution in [0.5, 0.6) is 0 Å². The Balaban J connectivity index is 2.21. The Morgan fingerprint density at radius 1 is 1.10 bits per heavy atom. The van der Waals surface area contributed by atoms with Crippen LogP contribution in [0.15, 0.2) is 24.3 Å². The molecule has 1 aromatic carbocycles. The lowest BCUT2D eigenvalue weighted by atomic mass is 10.1. The van der Waals surface area contributed by atoms with Gasteiger partial charge in [-0.25, -0.2) is 0 Å². The molecule has 1 rings (SSSR count). The average molecular weight is 277 g/mol. The molecule has 0 aliphatic rings. The average Bonchev–Trinajstić information content (AvgIpc) is 2.40. The van der Waals surface area contributed by atoms with Gasteiger partial charge in [0.05, 0.1) is 0 Å². The maximum atomic E-state index is 11.8. The summed E-state index contributed by atoms with van der Waals surface area (Å²) in [6, 6.07) is 8.34. The first-order valence-electron chi connectivity index (χ1n) is 7.00. The minimum atomic E-state index is -0.815. The molecule has 0 fully saturated rings. The van der Waals surface area contributed by atoms with Gasteiger partial charge in [-0.3, -0.25) is 9.59 Å². The summed E-state index contributed by atoms with van der Waals surface area (Å²) in [5.41, 5.74) is 2.49. The highest BCUT2D eigenvalue weighted by molar-refractivity contribution is 5.75. The van der Waals surface area contributed by atoms with Crippen LogP contribution in [0.2, 0.25) is 0 Å². The van der Waals surface area contributed by atoms with E-state index in [0.717, 1.165) is 12.8 Å². The highest BCUT2D eigenvalue weighted by Gasteiger charge is 2.08. The molecule has 1 aromatic rings. The molecule has 0 saturated heterocycles. The Morgan fingerprint density at radius 2 is 1.75 bits per heavy atom. The fraction of sp³-hybridized carbons (Fsp3) is 0.500. The van der Waals surface area contributed by atoms with Crippen LogP contribution in [-0.2, 0) is 16.0 Å². The highest BCUT2D eigenvalue weighted by Crippen LogP contribution is 2.08. The van der Waals surface area contributed by atoms with Crippen molar-refractivity contribution in [3.8, 4) is 0 Å². The lowest BCUT2D eigenvalue weighted by Crippen LogP contribution is -2.27. The molecule has 0 bridgehead atoms. The van der Waals surface area contributed by atoms with Crippen molar-refractivity contribution in [2.45, 2.75) is 39.0 Å². The molecule has 110 valence electrons. The van der Waals surface area contributed by atoms with E-state index in [0.29, 0.717) is 19.4 Å². The van der Waals surface area contributed by atoms with Gasteiger partial charge < -0.3 is 10.0 Å². The van der Waals surface area contributed by atoms with Gasteiger partial charge in [0.15, 0.2) is 0 Å².